The Kier molecular flexibility index (Phi) is 7.04. The molecule has 0 atom stereocenters. The van der Waals surface area contributed by atoms with Gasteiger partial charge in [0.15, 0.2) is 0 Å². The fraction of sp³-hybridized carbons (Fsp3) is 0.226. The number of phenols is 1. The number of hydrogen-bond acceptors (Lipinski definition) is 2. The van der Waals surface area contributed by atoms with Crippen LogP contribution >= 0.6 is 31.9 Å². The summed E-state index contributed by atoms with van der Waals surface area (Å²) in [5.74, 6) is 1.16. The van der Waals surface area contributed by atoms with Gasteiger partial charge in [0.2, 0.25) is 0 Å². The van der Waals surface area contributed by atoms with Gasteiger partial charge in [-0.25, -0.2) is 0 Å². The van der Waals surface area contributed by atoms with Crippen molar-refractivity contribution < 1.29 is 9.84 Å². The maximum atomic E-state index is 10.1. The van der Waals surface area contributed by atoms with E-state index in [9.17, 15) is 5.11 Å². The Labute approximate surface area is 224 Å². The first kappa shape index (κ1) is 24.1. The van der Waals surface area contributed by atoms with Gasteiger partial charge in [0.25, 0.3) is 0 Å². The number of benzene rings is 4. The van der Waals surface area contributed by atoms with Gasteiger partial charge in [-0.05, 0) is 88.3 Å². The molecule has 0 aliphatic heterocycles. The van der Waals surface area contributed by atoms with Crippen LogP contribution in [0.5, 0.6) is 11.5 Å². The topological polar surface area (TPSA) is 29.5 Å². The van der Waals surface area contributed by atoms with E-state index in [1.54, 1.807) is 12.1 Å². The van der Waals surface area contributed by atoms with Crippen molar-refractivity contribution in [1.82, 2.24) is 0 Å². The second-order valence-electron chi connectivity index (χ2n) is 9.11. The third-order valence-corrected chi connectivity index (χ3v) is 7.90. The Morgan fingerprint density at radius 2 is 1.23 bits per heavy atom. The van der Waals surface area contributed by atoms with E-state index in [1.165, 1.54) is 41.5 Å². The first-order valence-corrected chi connectivity index (χ1v) is 13.8. The number of fused-ring (bicyclic) bond motifs is 3. The zero-order valence-electron chi connectivity index (χ0n) is 19.7. The van der Waals surface area contributed by atoms with E-state index in [1.807, 2.05) is 12.1 Å². The van der Waals surface area contributed by atoms with Gasteiger partial charge >= 0.3 is 0 Å². The molecule has 0 aromatic heterocycles. The molecule has 0 amide bonds. The third-order valence-electron chi connectivity index (χ3n) is 6.92. The average Bonchev–Trinajstić information content (AvgIpc) is 3.14. The predicted molar refractivity (Wildman–Crippen MR) is 150 cm³/mol. The van der Waals surface area contributed by atoms with Gasteiger partial charge < -0.3 is 9.84 Å². The molecule has 4 heteroatoms. The monoisotopic (exact) mass is 590 g/mol. The van der Waals surface area contributed by atoms with Gasteiger partial charge in [0.1, 0.15) is 11.5 Å². The highest BCUT2D eigenvalue weighted by Gasteiger charge is 2.46. The molecule has 1 N–H and O–H groups in total. The number of phenolic OH excluding ortho intramolecular Hbond substituents is 1. The molecule has 0 fully saturated rings. The maximum absolute atomic E-state index is 10.1. The highest BCUT2D eigenvalue weighted by molar-refractivity contribution is 9.10. The minimum Gasteiger partial charge on any atom is -0.508 e. The van der Waals surface area contributed by atoms with Crippen LogP contribution in [0, 0.1) is 0 Å². The Morgan fingerprint density at radius 1 is 0.686 bits per heavy atom. The number of unbranched alkanes of at least 4 members (excludes halogenated alkanes) is 3. The highest BCUT2D eigenvalue weighted by Crippen LogP contribution is 2.57. The lowest BCUT2D eigenvalue weighted by Crippen LogP contribution is -2.28. The van der Waals surface area contributed by atoms with Crippen molar-refractivity contribution >= 4 is 31.9 Å². The lowest BCUT2D eigenvalue weighted by atomic mass is 9.68. The maximum Gasteiger partial charge on any atom is 0.119 e. The highest BCUT2D eigenvalue weighted by atomic mass is 79.9. The largest absolute Gasteiger partial charge is 0.508 e. The van der Waals surface area contributed by atoms with Crippen LogP contribution in [0.1, 0.15) is 54.9 Å². The molecule has 5 rings (SSSR count). The molecule has 0 spiro atoms. The Hall–Kier alpha value is -2.56. The first-order valence-electron chi connectivity index (χ1n) is 12.2. The second kappa shape index (κ2) is 10.2. The molecule has 1 aliphatic carbocycles. The smallest absolute Gasteiger partial charge is 0.119 e. The molecule has 35 heavy (non-hydrogen) atoms. The van der Waals surface area contributed by atoms with Crippen LogP contribution in [-0.4, -0.2) is 11.7 Å². The van der Waals surface area contributed by atoms with Gasteiger partial charge in [0, 0.05) is 8.95 Å². The minimum atomic E-state index is -0.522. The summed E-state index contributed by atoms with van der Waals surface area (Å²) in [7, 11) is 0. The van der Waals surface area contributed by atoms with E-state index in [-0.39, 0.29) is 5.75 Å². The molecule has 0 radical (unpaired) electrons. The van der Waals surface area contributed by atoms with Gasteiger partial charge in [-0.2, -0.15) is 0 Å². The van der Waals surface area contributed by atoms with Crippen LogP contribution in [0.25, 0.3) is 11.1 Å². The predicted octanol–water partition coefficient (Wildman–Crippen LogP) is 9.24. The van der Waals surface area contributed by atoms with E-state index in [4.69, 9.17) is 4.74 Å². The summed E-state index contributed by atoms with van der Waals surface area (Å²) in [6, 6.07) is 29.2. The summed E-state index contributed by atoms with van der Waals surface area (Å²) in [6.45, 7) is 2.97. The van der Waals surface area contributed by atoms with Crippen molar-refractivity contribution in [2.45, 2.75) is 38.0 Å². The van der Waals surface area contributed by atoms with E-state index in [0.29, 0.717) is 0 Å². The normalized spacial score (nSPS) is 13.3. The standard InChI is InChI=1S/C31H28Br2O2/c1-2-3-4-5-18-35-26-14-8-22(9-15-26)31(21-6-12-25(34)13-7-21)29-19-23(32)10-16-27(29)28-17-11-24(33)20-30(28)31/h6-17,19-20,34H,2-5,18H2,1H3. The quantitative estimate of drug-likeness (QED) is 0.182. The Balaban J connectivity index is 1.66. The molecule has 0 saturated carbocycles. The second-order valence-corrected chi connectivity index (χ2v) is 10.9. The Morgan fingerprint density at radius 3 is 1.77 bits per heavy atom. The van der Waals surface area contributed by atoms with Crippen LogP contribution < -0.4 is 4.74 Å². The van der Waals surface area contributed by atoms with Crippen molar-refractivity contribution in [3.05, 3.63) is 116 Å². The van der Waals surface area contributed by atoms with E-state index in [2.05, 4.69) is 99.4 Å². The van der Waals surface area contributed by atoms with Gasteiger partial charge in [0.05, 0.1) is 12.0 Å². The molecule has 2 nitrogen and oxygen atoms in total. The van der Waals surface area contributed by atoms with E-state index in [0.717, 1.165) is 38.8 Å². The fourth-order valence-corrected chi connectivity index (χ4v) is 6.01. The summed E-state index contributed by atoms with van der Waals surface area (Å²) in [6.07, 6.45) is 4.76. The molecule has 4 aromatic carbocycles. The SMILES string of the molecule is CCCCCCOc1ccc(C2(c3ccc(O)cc3)c3cc(Br)ccc3-c3ccc(Br)cc32)cc1. The number of ether oxygens (including phenoxy) is 1. The van der Waals surface area contributed by atoms with Crippen molar-refractivity contribution in [2.75, 3.05) is 6.61 Å². The summed E-state index contributed by atoms with van der Waals surface area (Å²) < 4.78 is 8.13. The van der Waals surface area contributed by atoms with Crippen LogP contribution in [0.4, 0.5) is 0 Å². The zero-order valence-corrected chi connectivity index (χ0v) is 22.9. The number of rotatable bonds is 8. The molecule has 178 valence electrons. The average molecular weight is 592 g/mol. The molecule has 1 aliphatic rings. The number of aromatic hydroxyl groups is 1. The van der Waals surface area contributed by atoms with Gasteiger partial charge in [-0.3, -0.25) is 0 Å². The van der Waals surface area contributed by atoms with Crippen molar-refractivity contribution in [3.8, 4) is 22.6 Å². The van der Waals surface area contributed by atoms with Gasteiger partial charge in [-0.15, -0.1) is 0 Å². The van der Waals surface area contributed by atoms with E-state index < -0.39 is 5.41 Å². The third kappa shape index (κ3) is 4.43. The Bertz CT molecular complexity index is 1280. The van der Waals surface area contributed by atoms with Crippen LogP contribution in [-0.2, 0) is 5.41 Å². The molecular formula is C31H28Br2O2. The van der Waals surface area contributed by atoms with Crippen molar-refractivity contribution in [1.29, 1.82) is 0 Å². The lowest BCUT2D eigenvalue weighted by Gasteiger charge is -2.34. The van der Waals surface area contributed by atoms with Crippen LogP contribution in [0.15, 0.2) is 93.9 Å². The summed E-state index contributed by atoms with van der Waals surface area (Å²) >= 11 is 7.44. The number of halogens is 2. The molecule has 0 unspecified atom stereocenters. The molecular weight excluding hydrogens is 564 g/mol. The molecule has 0 bridgehead atoms. The van der Waals surface area contributed by atoms with Gasteiger partial charge in [-0.1, -0.05) is 94.4 Å². The lowest BCUT2D eigenvalue weighted by molar-refractivity contribution is 0.305. The molecule has 4 aromatic rings. The first-order chi connectivity index (χ1) is 17.0. The van der Waals surface area contributed by atoms with Crippen molar-refractivity contribution in [2.24, 2.45) is 0 Å². The summed E-state index contributed by atoms with van der Waals surface area (Å²) in [5.41, 5.74) is 6.64. The summed E-state index contributed by atoms with van der Waals surface area (Å²) in [4.78, 5) is 0. The zero-order chi connectivity index (χ0) is 24.4. The number of hydrogen-bond donors (Lipinski definition) is 1. The van der Waals surface area contributed by atoms with Crippen molar-refractivity contribution in [3.63, 3.8) is 0 Å². The van der Waals surface area contributed by atoms with E-state index >= 15 is 0 Å². The van der Waals surface area contributed by atoms with Crippen LogP contribution in [0.3, 0.4) is 0 Å². The molecule has 0 heterocycles. The molecule has 0 saturated heterocycles. The fourth-order valence-electron chi connectivity index (χ4n) is 5.29. The summed E-state index contributed by atoms with van der Waals surface area (Å²) in [5, 5.41) is 10.1. The minimum absolute atomic E-state index is 0.262. The van der Waals surface area contributed by atoms with Crippen LogP contribution in [0.2, 0.25) is 0 Å².